The zero-order valence-electron chi connectivity index (χ0n) is 12.2. The lowest BCUT2D eigenvalue weighted by molar-refractivity contribution is 0.322. The van der Waals surface area contributed by atoms with Crippen LogP contribution in [0.5, 0.6) is 0 Å². The number of hydrogen-bond acceptors (Lipinski definition) is 3. The van der Waals surface area contributed by atoms with E-state index >= 15 is 0 Å². The summed E-state index contributed by atoms with van der Waals surface area (Å²) in [5.74, 6) is 0.855. The molecule has 3 rings (SSSR count). The van der Waals surface area contributed by atoms with Crippen molar-refractivity contribution < 1.29 is 0 Å². The summed E-state index contributed by atoms with van der Waals surface area (Å²) in [5, 5.41) is 9.07. The Morgan fingerprint density at radius 1 is 1.33 bits per heavy atom. The largest absolute Gasteiger partial charge is 0.325 e. The summed E-state index contributed by atoms with van der Waals surface area (Å²) >= 11 is 6.29. The van der Waals surface area contributed by atoms with E-state index in [0.717, 1.165) is 29.9 Å². The monoisotopic (exact) mass is 302 g/mol. The predicted octanol–water partition coefficient (Wildman–Crippen LogP) is 3.30. The SMILES string of the molecule is CC(Cl)c1nc2c(C#N)cccc2n1CCN1CCCC1. The van der Waals surface area contributed by atoms with Crippen LogP contribution in [0.4, 0.5) is 0 Å². The van der Waals surface area contributed by atoms with Crippen molar-refractivity contribution in [1.29, 1.82) is 5.26 Å². The van der Waals surface area contributed by atoms with Crippen LogP contribution < -0.4 is 0 Å². The van der Waals surface area contributed by atoms with Gasteiger partial charge in [-0.05, 0) is 45.0 Å². The fraction of sp³-hybridized carbons (Fsp3) is 0.500. The van der Waals surface area contributed by atoms with Gasteiger partial charge in [0.15, 0.2) is 0 Å². The highest BCUT2D eigenvalue weighted by Crippen LogP contribution is 2.26. The number of halogens is 1. The zero-order chi connectivity index (χ0) is 14.8. The van der Waals surface area contributed by atoms with Crippen LogP contribution in [-0.4, -0.2) is 34.1 Å². The summed E-state index contributed by atoms with van der Waals surface area (Å²) in [7, 11) is 0. The molecule has 1 unspecified atom stereocenters. The molecule has 2 heterocycles. The predicted molar refractivity (Wildman–Crippen MR) is 84.4 cm³/mol. The molecule has 1 fully saturated rings. The van der Waals surface area contributed by atoms with Gasteiger partial charge in [0, 0.05) is 13.1 Å². The maximum Gasteiger partial charge on any atom is 0.127 e. The van der Waals surface area contributed by atoms with Crippen LogP contribution >= 0.6 is 11.6 Å². The van der Waals surface area contributed by atoms with Crippen molar-refractivity contribution in [2.24, 2.45) is 0 Å². The number of likely N-dealkylation sites (tertiary alicyclic amines) is 1. The number of alkyl halides is 1. The third kappa shape index (κ3) is 2.76. The van der Waals surface area contributed by atoms with Crippen molar-refractivity contribution in [3.05, 3.63) is 29.6 Å². The van der Waals surface area contributed by atoms with Gasteiger partial charge in [0.2, 0.25) is 0 Å². The minimum Gasteiger partial charge on any atom is -0.325 e. The van der Waals surface area contributed by atoms with Gasteiger partial charge in [0.1, 0.15) is 17.4 Å². The van der Waals surface area contributed by atoms with Crippen LogP contribution in [0.15, 0.2) is 18.2 Å². The zero-order valence-corrected chi connectivity index (χ0v) is 13.0. The molecule has 0 bridgehead atoms. The quantitative estimate of drug-likeness (QED) is 0.814. The van der Waals surface area contributed by atoms with Gasteiger partial charge < -0.3 is 9.47 Å². The van der Waals surface area contributed by atoms with Crippen molar-refractivity contribution in [3.8, 4) is 6.07 Å². The van der Waals surface area contributed by atoms with Gasteiger partial charge in [-0.1, -0.05) is 6.07 Å². The maximum atomic E-state index is 9.24. The van der Waals surface area contributed by atoms with E-state index in [4.69, 9.17) is 11.6 Å². The Morgan fingerprint density at radius 3 is 2.76 bits per heavy atom. The van der Waals surface area contributed by atoms with E-state index < -0.39 is 0 Å². The van der Waals surface area contributed by atoms with Crippen LogP contribution in [-0.2, 0) is 6.54 Å². The number of aromatic nitrogens is 2. The molecule has 110 valence electrons. The van der Waals surface area contributed by atoms with E-state index in [1.807, 2.05) is 25.1 Å². The fourth-order valence-electron chi connectivity index (χ4n) is 3.04. The highest BCUT2D eigenvalue weighted by atomic mass is 35.5. The molecule has 0 radical (unpaired) electrons. The summed E-state index contributed by atoms with van der Waals surface area (Å²) in [6.07, 6.45) is 2.59. The molecule has 0 spiro atoms. The number of nitriles is 1. The van der Waals surface area contributed by atoms with Gasteiger partial charge in [0.25, 0.3) is 0 Å². The summed E-state index contributed by atoms with van der Waals surface area (Å²) in [6.45, 7) is 6.18. The third-order valence-electron chi connectivity index (χ3n) is 4.12. The second-order valence-electron chi connectivity index (χ2n) is 5.57. The van der Waals surface area contributed by atoms with Crippen molar-refractivity contribution in [2.75, 3.05) is 19.6 Å². The summed E-state index contributed by atoms with van der Waals surface area (Å²) < 4.78 is 2.17. The first-order valence-corrected chi connectivity index (χ1v) is 7.90. The first kappa shape index (κ1) is 14.4. The molecular weight excluding hydrogens is 284 g/mol. The van der Waals surface area contributed by atoms with Crippen LogP contribution in [0.3, 0.4) is 0 Å². The molecule has 1 aliphatic rings. The van der Waals surface area contributed by atoms with Crippen LogP contribution in [0, 0.1) is 11.3 Å². The average Bonchev–Trinajstić information content (AvgIpc) is 3.11. The van der Waals surface area contributed by atoms with Gasteiger partial charge >= 0.3 is 0 Å². The molecule has 1 aromatic heterocycles. The molecule has 1 saturated heterocycles. The number of nitrogens with zero attached hydrogens (tertiary/aromatic N) is 4. The topological polar surface area (TPSA) is 44.9 Å². The standard InChI is InChI=1S/C16H19ClN4/c1-12(17)16-19-15-13(11-18)5-4-6-14(15)21(16)10-9-20-7-2-3-8-20/h4-6,12H,2-3,7-10H2,1H3. The van der Waals surface area contributed by atoms with Gasteiger partial charge in [-0.25, -0.2) is 4.98 Å². The van der Waals surface area contributed by atoms with Gasteiger partial charge in [0.05, 0.1) is 16.5 Å². The summed E-state index contributed by atoms with van der Waals surface area (Å²) in [4.78, 5) is 7.09. The van der Waals surface area contributed by atoms with E-state index in [1.165, 1.54) is 25.9 Å². The number of rotatable bonds is 4. The van der Waals surface area contributed by atoms with Crippen LogP contribution in [0.1, 0.15) is 36.5 Å². The van der Waals surface area contributed by atoms with E-state index in [9.17, 15) is 5.26 Å². The summed E-state index contributed by atoms with van der Waals surface area (Å²) in [5.41, 5.74) is 2.39. The summed E-state index contributed by atoms with van der Waals surface area (Å²) in [6, 6.07) is 7.96. The van der Waals surface area contributed by atoms with E-state index in [2.05, 4.69) is 20.5 Å². The Labute approximate surface area is 129 Å². The van der Waals surface area contributed by atoms with Gasteiger partial charge in [-0.2, -0.15) is 5.26 Å². The highest BCUT2D eigenvalue weighted by molar-refractivity contribution is 6.20. The molecule has 0 saturated carbocycles. The van der Waals surface area contributed by atoms with Crippen molar-refractivity contribution in [3.63, 3.8) is 0 Å². The Hall–Kier alpha value is -1.57. The van der Waals surface area contributed by atoms with Crippen LogP contribution in [0.2, 0.25) is 0 Å². The van der Waals surface area contributed by atoms with E-state index in [-0.39, 0.29) is 5.38 Å². The Kier molecular flexibility index (Phi) is 4.14. The molecule has 5 heteroatoms. The Balaban J connectivity index is 1.98. The molecule has 0 N–H and O–H groups in total. The fourth-order valence-corrected chi connectivity index (χ4v) is 3.21. The smallest absolute Gasteiger partial charge is 0.127 e. The number of hydrogen-bond donors (Lipinski definition) is 0. The molecule has 0 amide bonds. The maximum absolute atomic E-state index is 9.24. The molecule has 1 aromatic carbocycles. The van der Waals surface area contributed by atoms with Crippen molar-refractivity contribution >= 4 is 22.6 Å². The number of imidazole rings is 1. The number of benzene rings is 1. The number of para-hydroxylation sites is 1. The lowest BCUT2D eigenvalue weighted by atomic mass is 10.2. The Bertz CT molecular complexity index is 677. The second kappa shape index (κ2) is 6.05. The molecule has 21 heavy (non-hydrogen) atoms. The van der Waals surface area contributed by atoms with Gasteiger partial charge in [-0.15, -0.1) is 11.6 Å². The normalized spacial score (nSPS) is 17.2. The minimum atomic E-state index is -0.164. The number of fused-ring (bicyclic) bond motifs is 1. The van der Waals surface area contributed by atoms with Gasteiger partial charge in [-0.3, -0.25) is 0 Å². The minimum absolute atomic E-state index is 0.164. The molecule has 1 aliphatic heterocycles. The molecule has 1 atom stereocenters. The molecule has 0 aliphatic carbocycles. The lowest BCUT2D eigenvalue weighted by Crippen LogP contribution is -2.24. The third-order valence-corrected chi connectivity index (χ3v) is 4.32. The van der Waals surface area contributed by atoms with Crippen LogP contribution in [0.25, 0.3) is 11.0 Å². The molecular formula is C16H19ClN4. The second-order valence-corrected chi connectivity index (χ2v) is 6.23. The molecule has 2 aromatic rings. The lowest BCUT2D eigenvalue weighted by Gasteiger charge is -2.17. The van der Waals surface area contributed by atoms with Crippen molar-refractivity contribution in [2.45, 2.75) is 31.7 Å². The first-order valence-electron chi connectivity index (χ1n) is 7.46. The molecule has 4 nitrogen and oxygen atoms in total. The highest BCUT2D eigenvalue weighted by Gasteiger charge is 2.18. The Morgan fingerprint density at radius 2 is 2.10 bits per heavy atom. The average molecular weight is 303 g/mol. The van der Waals surface area contributed by atoms with E-state index in [1.54, 1.807) is 0 Å². The van der Waals surface area contributed by atoms with Crippen molar-refractivity contribution in [1.82, 2.24) is 14.5 Å². The van der Waals surface area contributed by atoms with E-state index in [0.29, 0.717) is 5.56 Å². The first-order chi connectivity index (χ1) is 10.2.